The predicted molar refractivity (Wildman–Crippen MR) is 315 cm³/mol. The molecule has 6 aromatic carbocycles. The molecular weight excluding hydrogens is 911 g/mol. The molecule has 0 N–H and O–H groups in total. The number of fused-ring (bicyclic) bond motifs is 12. The number of aryl methyl sites for hydroxylation is 1. The van der Waals surface area contributed by atoms with Crippen LogP contribution in [0.1, 0.15) is 150 Å². The number of benzene rings is 6. The summed E-state index contributed by atoms with van der Waals surface area (Å²) in [6.07, 6.45) is 16.8. The Morgan fingerprint density at radius 2 is 1.00 bits per heavy atom. The molecule has 0 aliphatic heterocycles. The van der Waals surface area contributed by atoms with Crippen molar-refractivity contribution in [3.63, 3.8) is 0 Å². The molecule has 8 aromatic rings. The van der Waals surface area contributed by atoms with Gasteiger partial charge in [0.15, 0.2) is 0 Å². The van der Waals surface area contributed by atoms with Crippen molar-refractivity contribution in [2.24, 2.45) is 5.41 Å². The summed E-state index contributed by atoms with van der Waals surface area (Å²) in [5.74, 6) is 1.93. The van der Waals surface area contributed by atoms with Crippen LogP contribution in [0, 0.1) is 12.3 Å². The van der Waals surface area contributed by atoms with E-state index < -0.39 is 0 Å². The SMILES string of the molecule is Cc1ccc(N(c2ccc3c(c2)C(C)(C)C2=C3c3c(oc4ccccc34)C(C3=CCC=C(C(C)(C)C)C=C3)=CC2)c2ccc3c(c2)C(C)(C)C2=C3c3c(oc4ccccc34)C(c3ccc(C(C)(C)C)cc3)=CC2)cc1. The molecule has 0 saturated heterocycles. The molecule has 2 aromatic heterocycles. The molecule has 0 saturated carbocycles. The number of anilines is 3. The van der Waals surface area contributed by atoms with Crippen molar-refractivity contribution in [1.29, 1.82) is 0 Å². The van der Waals surface area contributed by atoms with Crippen molar-refractivity contribution < 1.29 is 8.83 Å². The van der Waals surface area contributed by atoms with Gasteiger partial charge in [0.25, 0.3) is 0 Å². The molecule has 0 unspecified atom stereocenters. The molecular formula is C72H67NO2. The van der Waals surface area contributed by atoms with Crippen LogP contribution in [0.4, 0.5) is 17.1 Å². The average Bonchev–Trinajstić information content (AvgIpc) is 3.96. The highest BCUT2D eigenvalue weighted by molar-refractivity contribution is 6.08. The number of rotatable bonds is 5. The zero-order chi connectivity index (χ0) is 51.9. The molecule has 5 aliphatic rings. The van der Waals surface area contributed by atoms with E-state index in [1.165, 1.54) is 94.5 Å². The van der Waals surface area contributed by atoms with Crippen LogP contribution in [0.5, 0.6) is 0 Å². The highest BCUT2D eigenvalue weighted by Gasteiger charge is 2.44. The van der Waals surface area contributed by atoms with Crippen molar-refractivity contribution in [2.75, 3.05) is 4.90 Å². The summed E-state index contributed by atoms with van der Waals surface area (Å²) in [4.78, 5) is 2.48. The molecule has 0 fully saturated rings. The Labute approximate surface area is 443 Å². The molecule has 0 bridgehead atoms. The third-order valence-electron chi connectivity index (χ3n) is 17.4. The van der Waals surface area contributed by atoms with Gasteiger partial charge in [-0.2, -0.15) is 0 Å². The zero-order valence-corrected chi connectivity index (χ0v) is 45.6. The lowest BCUT2D eigenvalue weighted by Crippen LogP contribution is -2.19. The van der Waals surface area contributed by atoms with Crippen molar-refractivity contribution in [2.45, 2.75) is 112 Å². The zero-order valence-electron chi connectivity index (χ0n) is 45.6. The van der Waals surface area contributed by atoms with Crippen LogP contribution in [0.2, 0.25) is 0 Å². The van der Waals surface area contributed by atoms with Gasteiger partial charge in [-0.25, -0.2) is 0 Å². The van der Waals surface area contributed by atoms with Crippen LogP contribution in [0.15, 0.2) is 201 Å². The minimum absolute atomic E-state index is 0.0717. The highest BCUT2D eigenvalue weighted by Crippen LogP contribution is 2.59. The minimum Gasteiger partial charge on any atom is -0.455 e. The van der Waals surface area contributed by atoms with Gasteiger partial charge in [-0.1, -0.05) is 196 Å². The first-order valence-corrected chi connectivity index (χ1v) is 27.2. The number of nitrogens with zero attached hydrogens (tertiary/aromatic N) is 1. The van der Waals surface area contributed by atoms with Gasteiger partial charge in [0.2, 0.25) is 0 Å². The van der Waals surface area contributed by atoms with E-state index in [-0.39, 0.29) is 21.7 Å². The van der Waals surface area contributed by atoms with Crippen molar-refractivity contribution in [1.82, 2.24) is 0 Å². The molecule has 3 nitrogen and oxygen atoms in total. The number of hydrogen-bond acceptors (Lipinski definition) is 3. The maximum Gasteiger partial charge on any atom is 0.143 e. The normalized spacial score (nSPS) is 17.5. The van der Waals surface area contributed by atoms with Crippen LogP contribution in [-0.4, -0.2) is 0 Å². The first-order valence-electron chi connectivity index (χ1n) is 27.2. The second-order valence-corrected chi connectivity index (χ2v) is 24.8. The Kier molecular flexibility index (Phi) is 10.5. The fraction of sp³-hybridized carbons (Fsp3) is 0.250. The quantitative estimate of drug-likeness (QED) is 0.172. The Bertz CT molecular complexity index is 3950. The van der Waals surface area contributed by atoms with E-state index in [9.17, 15) is 0 Å². The second-order valence-electron chi connectivity index (χ2n) is 24.8. The second kappa shape index (κ2) is 16.7. The van der Waals surface area contributed by atoms with Crippen LogP contribution in [0.25, 0.3) is 44.2 Å². The predicted octanol–water partition coefficient (Wildman–Crippen LogP) is 19.9. The maximum atomic E-state index is 7.01. The molecule has 372 valence electrons. The average molecular weight is 978 g/mol. The van der Waals surface area contributed by atoms with Crippen LogP contribution < -0.4 is 4.90 Å². The van der Waals surface area contributed by atoms with Crippen molar-refractivity contribution >= 4 is 61.3 Å². The Balaban J connectivity index is 0.924. The third kappa shape index (κ3) is 7.36. The monoisotopic (exact) mass is 978 g/mol. The van der Waals surface area contributed by atoms with Gasteiger partial charge in [-0.3, -0.25) is 0 Å². The van der Waals surface area contributed by atoms with E-state index in [2.05, 4.69) is 251 Å². The van der Waals surface area contributed by atoms with Gasteiger partial charge >= 0.3 is 0 Å². The minimum atomic E-state index is -0.261. The summed E-state index contributed by atoms with van der Waals surface area (Å²) in [7, 11) is 0. The van der Waals surface area contributed by atoms with E-state index in [1.807, 2.05) is 0 Å². The molecule has 2 heterocycles. The smallest absolute Gasteiger partial charge is 0.143 e. The van der Waals surface area contributed by atoms with Crippen LogP contribution in [-0.2, 0) is 16.2 Å². The van der Waals surface area contributed by atoms with Gasteiger partial charge in [0.1, 0.15) is 22.7 Å². The third-order valence-corrected chi connectivity index (χ3v) is 17.4. The highest BCUT2D eigenvalue weighted by atomic mass is 16.3. The summed E-state index contributed by atoms with van der Waals surface area (Å²) >= 11 is 0. The van der Waals surface area contributed by atoms with Crippen LogP contribution >= 0.6 is 0 Å². The summed E-state index contributed by atoms with van der Waals surface area (Å²) in [5, 5.41) is 2.33. The van der Waals surface area contributed by atoms with Crippen molar-refractivity contribution in [3.05, 3.63) is 254 Å². The molecule has 3 heteroatoms. The Morgan fingerprint density at radius 3 is 1.53 bits per heavy atom. The summed E-state index contributed by atoms with van der Waals surface area (Å²) in [5.41, 5.74) is 26.7. The molecule has 0 radical (unpaired) electrons. The van der Waals surface area contributed by atoms with Gasteiger partial charge in [0, 0.05) is 60.9 Å². The summed E-state index contributed by atoms with van der Waals surface area (Å²) in [6, 6.07) is 49.9. The lowest BCUT2D eigenvalue weighted by Gasteiger charge is -2.31. The van der Waals surface area contributed by atoms with E-state index in [0.717, 1.165) is 70.0 Å². The molecule has 13 rings (SSSR count). The topological polar surface area (TPSA) is 29.5 Å². The Hall–Kier alpha value is -7.62. The fourth-order valence-corrected chi connectivity index (χ4v) is 13.1. The van der Waals surface area contributed by atoms with Gasteiger partial charge < -0.3 is 13.7 Å². The number of furan rings is 2. The molecule has 5 aliphatic carbocycles. The lowest BCUT2D eigenvalue weighted by atomic mass is 9.79. The van der Waals surface area contributed by atoms with Crippen molar-refractivity contribution in [3.8, 4) is 0 Å². The first kappa shape index (κ1) is 47.1. The fourth-order valence-electron chi connectivity index (χ4n) is 13.1. The van der Waals surface area contributed by atoms with Gasteiger partial charge in [-0.05, 0) is 152 Å². The van der Waals surface area contributed by atoms with E-state index >= 15 is 0 Å². The number of allylic oxidation sites excluding steroid dienone is 11. The van der Waals surface area contributed by atoms with Crippen LogP contribution in [0.3, 0.4) is 0 Å². The standard InChI is InChI=1S/C72H67NO2/c1-43-23-31-48(32-24-43)73(50-34-36-54-60(42-50)72(10,11)58-40-38-52(45-26-29-47(30-27-45)70(5,6)7)68-66(64(54)58)56-20-13-15-22-62(56)75-68)49-33-35-53-59(41-49)71(8,9)57-39-37-51(44-17-16-18-46(28-25-44)69(2,3)4)67-65(63(53)57)55-19-12-14-21-61(55)74-67/h12-15,17-38,41-42H,16,39-40H2,1-11H3. The summed E-state index contributed by atoms with van der Waals surface area (Å²) < 4.78 is 14.0. The maximum absolute atomic E-state index is 7.01. The summed E-state index contributed by atoms with van der Waals surface area (Å²) in [6.45, 7) is 25.6. The first-order chi connectivity index (χ1) is 35.9. The van der Waals surface area contributed by atoms with Gasteiger partial charge in [0.05, 0.1) is 0 Å². The van der Waals surface area contributed by atoms with E-state index in [0.29, 0.717) is 0 Å². The lowest BCUT2D eigenvalue weighted by molar-refractivity contribution is 0.515. The number of hydrogen-bond donors (Lipinski definition) is 0. The number of para-hydroxylation sites is 2. The molecule has 0 amide bonds. The van der Waals surface area contributed by atoms with E-state index in [1.54, 1.807) is 0 Å². The molecule has 0 atom stereocenters. The Morgan fingerprint density at radius 1 is 0.493 bits per heavy atom. The van der Waals surface area contributed by atoms with E-state index in [4.69, 9.17) is 8.83 Å². The largest absolute Gasteiger partial charge is 0.455 e. The molecule has 0 spiro atoms. The molecule has 75 heavy (non-hydrogen) atoms. The van der Waals surface area contributed by atoms with Gasteiger partial charge in [-0.15, -0.1) is 0 Å².